The quantitative estimate of drug-likeness (QED) is 0.755. The Morgan fingerprint density at radius 1 is 1.62 bits per heavy atom. The third-order valence-corrected chi connectivity index (χ3v) is 2.22. The number of hydrogen-bond acceptors (Lipinski definition) is 2. The van der Waals surface area contributed by atoms with Gasteiger partial charge >= 0.3 is 0 Å². The number of halogens is 3. The van der Waals surface area contributed by atoms with Gasteiger partial charge in [-0.2, -0.15) is 0 Å². The van der Waals surface area contributed by atoms with Crippen LogP contribution in [0.25, 0.3) is 0 Å². The van der Waals surface area contributed by atoms with Crippen LogP contribution in [0.1, 0.15) is 23.1 Å². The topological polar surface area (TPSA) is 38.9 Å². The summed E-state index contributed by atoms with van der Waals surface area (Å²) in [7, 11) is 0. The molecule has 0 bridgehead atoms. The van der Waals surface area contributed by atoms with Crippen molar-refractivity contribution in [2.24, 2.45) is 5.73 Å². The first-order valence-electron chi connectivity index (χ1n) is 3.70. The lowest BCUT2D eigenvalue weighted by molar-refractivity contribution is 0.150. The molecule has 0 radical (unpaired) electrons. The van der Waals surface area contributed by atoms with Gasteiger partial charge in [-0.25, -0.2) is 13.8 Å². The second-order valence-corrected chi connectivity index (χ2v) is 2.97. The smallest absolute Gasteiger partial charge is 0.265 e. The fourth-order valence-electron chi connectivity index (χ4n) is 1.09. The highest BCUT2D eigenvalue weighted by molar-refractivity contribution is 6.30. The lowest BCUT2D eigenvalue weighted by Gasteiger charge is -2.09. The summed E-state index contributed by atoms with van der Waals surface area (Å²) in [6.07, 6.45) is -1.45. The molecular weight excluding hydrogens is 198 g/mol. The predicted molar refractivity (Wildman–Crippen MR) is 46.8 cm³/mol. The van der Waals surface area contributed by atoms with Crippen LogP contribution >= 0.6 is 11.6 Å². The number of pyridine rings is 1. The van der Waals surface area contributed by atoms with E-state index in [9.17, 15) is 8.78 Å². The molecule has 0 saturated carbocycles. The fourth-order valence-corrected chi connectivity index (χ4v) is 1.35. The molecular formula is C8H9ClF2N2. The van der Waals surface area contributed by atoms with E-state index in [1.165, 1.54) is 0 Å². The minimum Gasteiger partial charge on any atom is -0.326 e. The largest absolute Gasteiger partial charge is 0.326 e. The summed E-state index contributed by atoms with van der Waals surface area (Å²) in [4.78, 5) is 3.64. The second kappa shape index (κ2) is 3.98. The first-order chi connectivity index (χ1) is 6.07. The van der Waals surface area contributed by atoms with Gasteiger partial charge in [-0.3, -0.25) is 0 Å². The Kier molecular flexibility index (Phi) is 3.17. The van der Waals surface area contributed by atoms with E-state index in [1.54, 1.807) is 6.92 Å². The van der Waals surface area contributed by atoms with Gasteiger partial charge < -0.3 is 5.73 Å². The summed E-state index contributed by atoms with van der Waals surface area (Å²) in [5.74, 6) is 0. The zero-order valence-corrected chi connectivity index (χ0v) is 7.78. The average Bonchev–Trinajstić information content (AvgIpc) is 2.04. The van der Waals surface area contributed by atoms with E-state index >= 15 is 0 Å². The van der Waals surface area contributed by atoms with Crippen molar-refractivity contribution in [2.75, 3.05) is 0 Å². The molecule has 0 saturated heterocycles. The minimum absolute atomic E-state index is 0.107. The molecule has 5 heteroatoms. The van der Waals surface area contributed by atoms with Gasteiger partial charge in [-0.05, 0) is 12.5 Å². The maximum absolute atomic E-state index is 12.4. The number of hydrogen-bond donors (Lipinski definition) is 1. The second-order valence-electron chi connectivity index (χ2n) is 2.61. The van der Waals surface area contributed by atoms with Crippen LogP contribution in [0.3, 0.4) is 0 Å². The van der Waals surface area contributed by atoms with Crippen LogP contribution in [0, 0.1) is 6.92 Å². The van der Waals surface area contributed by atoms with Crippen molar-refractivity contribution in [3.8, 4) is 0 Å². The molecule has 1 aromatic heterocycles. The van der Waals surface area contributed by atoms with Crippen LogP contribution in [0.15, 0.2) is 6.20 Å². The zero-order chi connectivity index (χ0) is 10.0. The maximum atomic E-state index is 12.4. The molecule has 0 spiro atoms. The van der Waals surface area contributed by atoms with Gasteiger partial charge in [0.25, 0.3) is 6.43 Å². The van der Waals surface area contributed by atoms with Gasteiger partial charge in [0.1, 0.15) is 5.15 Å². The van der Waals surface area contributed by atoms with Crippen LogP contribution < -0.4 is 5.73 Å². The lowest BCUT2D eigenvalue weighted by atomic mass is 10.1. The van der Waals surface area contributed by atoms with Crippen LogP contribution in [0.5, 0.6) is 0 Å². The van der Waals surface area contributed by atoms with Crippen molar-refractivity contribution in [3.05, 3.63) is 28.0 Å². The molecule has 13 heavy (non-hydrogen) atoms. The van der Waals surface area contributed by atoms with Crippen LogP contribution in [0.4, 0.5) is 8.78 Å². The van der Waals surface area contributed by atoms with Crippen molar-refractivity contribution in [2.45, 2.75) is 19.9 Å². The van der Waals surface area contributed by atoms with Crippen molar-refractivity contribution in [3.63, 3.8) is 0 Å². The molecule has 0 unspecified atom stereocenters. The Morgan fingerprint density at radius 2 is 2.23 bits per heavy atom. The number of alkyl halides is 2. The third kappa shape index (κ3) is 1.95. The normalized spacial score (nSPS) is 10.9. The number of aromatic nitrogens is 1. The Bertz CT molecular complexity index is 315. The Labute approximate surface area is 79.7 Å². The summed E-state index contributed by atoms with van der Waals surface area (Å²) in [5.41, 5.74) is 6.16. The van der Waals surface area contributed by atoms with Gasteiger partial charge in [0.2, 0.25) is 0 Å². The summed E-state index contributed by atoms with van der Waals surface area (Å²) in [6.45, 7) is 1.69. The molecule has 0 amide bonds. The molecule has 0 aliphatic carbocycles. The van der Waals surface area contributed by atoms with Crippen LogP contribution in [-0.4, -0.2) is 4.98 Å². The summed E-state index contributed by atoms with van der Waals surface area (Å²) in [6, 6.07) is 0. The number of rotatable bonds is 2. The molecule has 2 nitrogen and oxygen atoms in total. The highest BCUT2D eigenvalue weighted by Crippen LogP contribution is 2.27. The van der Waals surface area contributed by atoms with E-state index in [0.717, 1.165) is 6.20 Å². The summed E-state index contributed by atoms with van der Waals surface area (Å²) < 4.78 is 24.7. The molecule has 1 rings (SSSR count). The molecule has 0 aliphatic rings. The standard InChI is InChI=1S/C8H9ClF2N2/c1-4-5(2-12)7(9)13-3-6(4)8(10)11/h3,8H,2,12H2,1H3. The van der Waals surface area contributed by atoms with Crippen LogP contribution in [-0.2, 0) is 6.54 Å². The van der Waals surface area contributed by atoms with E-state index in [0.29, 0.717) is 11.1 Å². The van der Waals surface area contributed by atoms with Crippen LogP contribution in [0.2, 0.25) is 5.15 Å². The van der Waals surface area contributed by atoms with Gasteiger partial charge in [0.05, 0.1) is 0 Å². The number of nitrogens with two attached hydrogens (primary N) is 1. The molecule has 0 fully saturated rings. The Hall–Kier alpha value is -0.740. The van der Waals surface area contributed by atoms with E-state index in [4.69, 9.17) is 17.3 Å². The van der Waals surface area contributed by atoms with E-state index in [1.807, 2.05) is 0 Å². The highest BCUT2D eigenvalue weighted by atomic mass is 35.5. The minimum atomic E-state index is -2.53. The van der Waals surface area contributed by atoms with Crippen molar-refractivity contribution < 1.29 is 8.78 Å². The predicted octanol–water partition coefficient (Wildman–Crippen LogP) is 2.44. The van der Waals surface area contributed by atoms with E-state index in [2.05, 4.69) is 4.98 Å². The monoisotopic (exact) mass is 206 g/mol. The summed E-state index contributed by atoms with van der Waals surface area (Å²) in [5, 5.41) is 0.199. The third-order valence-electron chi connectivity index (χ3n) is 1.89. The molecule has 0 aromatic carbocycles. The van der Waals surface area contributed by atoms with Gasteiger partial charge in [-0.15, -0.1) is 0 Å². The Morgan fingerprint density at radius 3 is 2.69 bits per heavy atom. The molecule has 0 atom stereocenters. The maximum Gasteiger partial charge on any atom is 0.265 e. The van der Waals surface area contributed by atoms with Gasteiger partial charge in [0.15, 0.2) is 0 Å². The Balaban J connectivity index is 3.27. The average molecular weight is 207 g/mol. The van der Waals surface area contributed by atoms with Crippen molar-refractivity contribution >= 4 is 11.6 Å². The zero-order valence-electron chi connectivity index (χ0n) is 7.02. The number of nitrogens with zero attached hydrogens (tertiary/aromatic N) is 1. The highest BCUT2D eigenvalue weighted by Gasteiger charge is 2.15. The summed E-state index contributed by atoms with van der Waals surface area (Å²) >= 11 is 5.67. The lowest BCUT2D eigenvalue weighted by Crippen LogP contribution is -2.04. The van der Waals surface area contributed by atoms with Crippen molar-refractivity contribution in [1.29, 1.82) is 0 Å². The first kappa shape index (κ1) is 10.3. The first-order valence-corrected chi connectivity index (χ1v) is 4.07. The SMILES string of the molecule is Cc1c(C(F)F)cnc(Cl)c1CN. The van der Waals surface area contributed by atoms with Gasteiger partial charge in [0, 0.05) is 23.9 Å². The van der Waals surface area contributed by atoms with Crippen molar-refractivity contribution in [1.82, 2.24) is 4.98 Å². The molecule has 1 aromatic rings. The van der Waals surface area contributed by atoms with E-state index < -0.39 is 6.43 Å². The fraction of sp³-hybridized carbons (Fsp3) is 0.375. The molecule has 2 N–H and O–H groups in total. The van der Waals surface area contributed by atoms with E-state index in [-0.39, 0.29) is 17.3 Å². The van der Waals surface area contributed by atoms with Gasteiger partial charge in [-0.1, -0.05) is 11.6 Å². The molecule has 72 valence electrons. The molecule has 1 heterocycles. The molecule has 0 aliphatic heterocycles.